The van der Waals surface area contributed by atoms with Crippen LogP contribution in [0.4, 0.5) is 5.13 Å². The molecule has 2 N–H and O–H groups in total. The van der Waals surface area contributed by atoms with Gasteiger partial charge in [0.1, 0.15) is 11.5 Å². The fourth-order valence-corrected chi connectivity index (χ4v) is 5.02. The number of hydrogen-bond acceptors (Lipinski definition) is 9. The second kappa shape index (κ2) is 9.82. The Morgan fingerprint density at radius 2 is 1.86 bits per heavy atom. The van der Waals surface area contributed by atoms with Crippen molar-refractivity contribution in [2.24, 2.45) is 0 Å². The first kappa shape index (κ1) is 24.9. The molecule has 2 heterocycles. The first-order valence-corrected chi connectivity index (χ1v) is 11.9. The molecule has 1 aromatic heterocycles. The number of anilines is 1. The van der Waals surface area contributed by atoms with Crippen LogP contribution in [-0.2, 0) is 9.59 Å². The van der Waals surface area contributed by atoms with Gasteiger partial charge in [-0.3, -0.25) is 19.3 Å². The van der Waals surface area contributed by atoms with E-state index in [1.807, 2.05) is 0 Å². The molecule has 1 aliphatic rings. The van der Waals surface area contributed by atoms with Gasteiger partial charge >= 0.3 is 5.91 Å². The number of aliphatic hydroxyl groups is 1. The van der Waals surface area contributed by atoms with E-state index in [1.165, 1.54) is 37.1 Å². The molecule has 1 aliphatic heterocycles. The van der Waals surface area contributed by atoms with Crippen LogP contribution in [0.1, 0.15) is 46.4 Å². The zero-order valence-corrected chi connectivity index (χ0v) is 20.9. The Labute approximate surface area is 211 Å². The van der Waals surface area contributed by atoms with Gasteiger partial charge in [-0.1, -0.05) is 17.4 Å². The van der Waals surface area contributed by atoms with Crippen LogP contribution in [0, 0.1) is 6.92 Å². The zero-order chi connectivity index (χ0) is 26.1. The number of thiazole rings is 1. The number of aryl methyl sites for hydroxylation is 1. The first-order chi connectivity index (χ1) is 17.2. The highest BCUT2D eigenvalue weighted by Gasteiger charge is 2.48. The molecule has 10 heteroatoms. The lowest BCUT2D eigenvalue weighted by molar-refractivity contribution is -0.132. The van der Waals surface area contributed by atoms with Crippen molar-refractivity contribution in [1.82, 2.24) is 4.98 Å². The molecular formula is C26H24N2O7S. The number of phenolic OH excluding ortho intramolecular Hbond substituents is 1. The van der Waals surface area contributed by atoms with E-state index in [0.717, 1.165) is 11.3 Å². The van der Waals surface area contributed by atoms with E-state index in [1.54, 1.807) is 38.1 Å². The molecule has 0 spiro atoms. The fourth-order valence-electron chi connectivity index (χ4n) is 4.03. The minimum absolute atomic E-state index is 0.114. The van der Waals surface area contributed by atoms with Crippen molar-refractivity contribution in [3.05, 3.63) is 69.7 Å². The number of hydrogen-bond donors (Lipinski definition) is 2. The summed E-state index contributed by atoms with van der Waals surface area (Å²) < 4.78 is 10.7. The third-order valence-corrected chi connectivity index (χ3v) is 6.98. The second-order valence-corrected chi connectivity index (χ2v) is 9.00. The van der Waals surface area contributed by atoms with E-state index in [2.05, 4.69) is 4.98 Å². The van der Waals surface area contributed by atoms with Crippen molar-refractivity contribution in [1.29, 1.82) is 0 Å². The molecular weight excluding hydrogens is 484 g/mol. The number of carbonyl (C=O) groups is 3. The van der Waals surface area contributed by atoms with Gasteiger partial charge in [-0.15, -0.1) is 0 Å². The van der Waals surface area contributed by atoms with E-state index >= 15 is 0 Å². The molecule has 1 amide bonds. The monoisotopic (exact) mass is 508 g/mol. The summed E-state index contributed by atoms with van der Waals surface area (Å²) in [6, 6.07) is 9.74. The number of Topliss-reactive ketones (excluding diaryl/α,β-unsaturated/α-hetero) is 2. The highest BCUT2D eigenvalue weighted by atomic mass is 32.1. The molecule has 3 aromatic rings. The molecule has 0 saturated carbocycles. The highest BCUT2D eigenvalue weighted by molar-refractivity contribution is 7.18. The molecule has 1 unspecified atom stereocenters. The number of ketones is 2. The summed E-state index contributed by atoms with van der Waals surface area (Å²) in [6.07, 6.45) is 0. The Morgan fingerprint density at radius 3 is 2.44 bits per heavy atom. The molecule has 4 rings (SSSR count). The number of aromatic nitrogens is 1. The first-order valence-electron chi connectivity index (χ1n) is 11.1. The topological polar surface area (TPSA) is 126 Å². The molecule has 0 aliphatic carbocycles. The number of amides is 1. The van der Waals surface area contributed by atoms with E-state index in [9.17, 15) is 24.6 Å². The van der Waals surface area contributed by atoms with Gasteiger partial charge in [-0.25, -0.2) is 4.98 Å². The summed E-state index contributed by atoms with van der Waals surface area (Å²) in [5.41, 5.74) is 0.986. The van der Waals surface area contributed by atoms with E-state index in [0.29, 0.717) is 27.4 Å². The average Bonchev–Trinajstić information content (AvgIpc) is 3.37. The van der Waals surface area contributed by atoms with Crippen LogP contribution in [0.5, 0.6) is 17.2 Å². The fraction of sp³-hybridized carbons (Fsp3) is 0.231. The number of phenols is 1. The third-order valence-electron chi connectivity index (χ3n) is 5.72. The summed E-state index contributed by atoms with van der Waals surface area (Å²) in [5, 5.41) is 21.6. The Kier molecular flexibility index (Phi) is 6.80. The highest BCUT2D eigenvalue weighted by Crippen LogP contribution is 2.45. The molecule has 9 nitrogen and oxygen atoms in total. The molecule has 1 fully saturated rings. The van der Waals surface area contributed by atoms with Gasteiger partial charge in [0.25, 0.3) is 5.78 Å². The lowest BCUT2D eigenvalue weighted by Crippen LogP contribution is -2.29. The van der Waals surface area contributed by atoms with Gasteiger partial charge in [0, 0.05) is 12.5 Å². The molecule has 1 saturated heterocycles. The van der Waals surface area contributed by atoms with Gasteiger partial charge in [-0.2, -0.15) is 0 Å². The molecule has 0 bridgehead atoms. The number of rotatable bonds is 7. The van der Waals surface area contributed by atoms with E-state index in [4.69, 9.17) is 9.47 Å². The number of benzene rings is 2. The number of aliphatic hydroxyl groups excluding tert-OH is 1. The van der Waals surface area contributed by atoms with Crippen LogP contribution in [0.25, 0.3) is 5.76 Å². The van der Waals surface area contributed by atoms with Crippen LogP contribution >= 0.6 is 11.3 Å². The summed E-state index contributed by atoms with van der Waals surface area (Å²) in [4.78, 5) is 44.6. The SMILES string of the molecule is CCOc1cc(C2C(=C(O)c3ccc(OC)cc3)C(=O)C(=O)N2c2nc(C)c(C(C)=O)s2)ccc1O. The van der Waals surface area contributed by atoms with Gasteiger partial charge < -0.3 is 19.7 Å². The third kappa shape index (κ3) is 4.31. The molecule has 1 atom stereocenters. The van der Waals surface area contributed by atoms with Crippen molar-refractivity contribution < 1.29 is 34.1 Å². The standard InChI is InChI=1S/C26H24N2O7S/c1-5-35-19-12-16(8-11-18(19)30)21-20(22(31)15-6-9-17(34-4)10-7-15)23(32)25(33)28(21)26-27-13(2)24(36-26)14(3)29/h6-12,21,30-31H,5H2,1-4H3. The Morgan fingerprint density at radius 1 is 1.17 bits per heavy atom. The van der Waals surface area contributed by atoms with Crippen molar-refractivity contribution in [2.75, 3.05) is 18.6 Å². The van der Waals surface area contributed by atoms with Crippen LogP contribution < -0.4 is 14.4 Å². The lowest BCUT2D eigenvalue weighted by atomic mass is 9.95. The number of carbonyl (C=O) groups excluding carboxylic acids is 3. The lowest BCUT2D eigenvalue weighted by Gasteiger charge is -2.23. The number of aromatic hydroxyl groups is 1. The average molecular weight is 509 g/mol. The molecule has 2 aromatic carbocycles. The van der Waals surface area contributed by atoms with Gasteiger partial charge in [0.05, 0.1) is 35.9 Å². The number of ether oxygens (including phenoxy) is 2. The van der Waals surface area contributed by atoms with Crippen molar-refractivity contribution in [2.45, 2.75) is 26.8 Å². The van der Waals surface area contributed by atoms with Crippen LogP contribution in [0.15, 0.2) is 48.0 Å². The minimum Gasteiger partial charge on any atom is -0.507 e. The normalized spacial score (nSPS) is 16.9. The predicted octanol–water partition coefficient (Wildman–Crippen LogP) is 4.39. The second-order valence-electron chi connectivity index (χ2n) is 8.02. The Hall–Kier alpha value is -4.18. The summed E-state index contributed by atoms with van der Waals surface area (Å²) in [6.45, 7) is 5.07. The minimum atomic E-state index is -1.09. The number of nitrogens with zero attached hydrogens (tertiary/aromatic N) is 2. The van der Waals surface area contributed by atoms with E-state index < -0.39 is 17.7 Å². The largest absolute Gasteiger partial charge is 0.507 e. The van der Waals surface area contributed by atoms with Crippen LogP contribution in [-0.4, -0.2) is 46.4 Å². The quantitative estimate of drug-likeness (QED) is 0.208. The van der Waals surface area contributed by atoms with Gasteiger partial charge in [-0.05, 0) is 55.8 Å². The summed E-state index contributed by atoms with van der Waals surface area (Å²) in [7, 11) is 1.51. The van der Waals surface area contributed by atoms with Crippen molar-refractivity contribution in [3.8, 4) is 17.2 Å². The summed E-state index contributed by atoms with van der Waals surface area (Å²) >= 11 is 0.992. The molecule has 186 valence electrons. The van der Waals surface area contributed by atoms with Gasteiger partial charge in [0.15, 0.2) is 22.4 Å². The van der Waals surface area contributed by atoms with Crippen LogP contribution in [0.3, 0.4) is 0 Å². The molecule has 36 heavy (non-hydrogen) atoms. The smallest absolute Gasteiger partial charge is 0.301 e. The van der Waals surface area contributed by atoms with E-state index in [-0.39, 0.29) is 40.4 Å². The predicted molar refractivity (Wildman–Crippen MR) is 134 cm³/mol. The zero-order valence-electron chi connectivity index (χ0n) is 20.1. The number of methoxy groups -OCH3 is 1. The molecule has 0 radical (unpaired) electrons. The van der Waals surface area contributed by atoms with Crippen LogP contribution in [0.2, 0.25) is 0 Å². The van der Waals surface area contributed by atoms with Crippen molar-refractivity contribution >= 4 is 39.7 Å². The Bertz CT molecular complexity index is 1390. The summed E-state index contributed by atoms with van der Waals surface area (Å²) in [5.74, 6) is -1.80. The van der Waals surface area contributed by atoms with Crippen molar-refractivity contribution in [3.63, 3.8) is 0 Å². The maximum Gasteiger partial charge on any atom is 0.301 e. The maximum atomic E-state index is 13.3. The Balaban J connectivity index is 1.95. The maximum absolute atomic E-state index is 13.3. The van der Waals surface area contributed by atoms with Gasteiger partial charge in [0.2, 0.25) is 0 Å².